The molecule has 6 heteroatoms. The Morgan fingerprint density at radius 1 is 1.16 bits per heavy atom. The van der Waals surface area contributed by atoms with Gasteiger partial charge in [-0.3, -0.25) is 4.79 Å². The van der Waals surface area contributed by atoms with Gasteiger partial charge in [0.05, 0.1) is 12.2 Å². The second-order valence-corrected chi connectivity index (χ2v) is 8.23. The van der Waals surface area contributed by atoms with Crippen molar-refractivity contribution in [3.05, 3.63) is 81.0 Å². The van der Waals surface area contributed by atoms with Gasteiger partial charge in [-0.1, -0.05) is 24.3 Å². The second kappa shape index (κ2) is 11.4. The first-order chi connectivity index (χ1) is 15.5. The second-order valence-electron chi connectivity index (χ2n) is 7.45. The Balaban J connectivity index is 1.88. The number of aryl methyl sites for hydroxylation is 2. The van der Waals surface area contributed by atoms with Crippen molar-refractivity contribution >= 4 is 17.3 Å². The summed E-state index contributed by atoms with van der Waals surface area (Å²) in [6.45, 7) is 6.45. The number of rotatable bonds is 10. The van der Waals surface area contributed by atoms with Crippen molar-refractivity contribution in [1.82, 2.24) is 0 Å². The molecule has 166 valence electrons. The number of carbonyl (C=O) groups excluding carboxylic acids is 1. The van der Waals surface area contributed by atoms with Crippen molar-refractivity contribution in [1.29, 1.82) is 5.26 Å². The summed E-state index contributed by atoms with van der Waals surface area (Å²) in [4.78, 5) is 12.0. The third-order valence-electron chi connectivity index (χ3n) is 5.09. The summed E-state index contributed by atoms with van der Waals surface area (Å²) in [5.41, 5.74) is 4.36. The average Bonchev–Trinajstić information content (AvgIpc) is 3.29. The summed E-state index contributed by atoms with van der Waals surface area (Å²) in [6, 6.07) is 15.8. The lowest BCUT2D eigenvalue weighted by molar-refractivity contribution is -0.143. The maximum Gasteiger partial charge on any atom is 0.305 e. The van der Waals surface area contributed by atoms with Crippen LogP contribution in [0.2, 0.25) is 0 Å². The first-order valence-electron chi connectivity index (χ1n) is 10.6. The van der Waals surface area contributed by atoms with Gasteiger partial charge >= 0.3 is 5.97 Å². The zero-order chi connectivity index (χ0) is 22.9. The van der Waals surface area contributed by atoms with Crippen LogP contribution in [0.1, 0.15) is 53.7 Å². The number of hydrogen-bond donors (Lipinski definition) is 0. The number of nitrogens with zero attached hydrogens (tertiary/aromatic N) is 1. The Morgan fingerprint density at radius 3 is 2.66 bits per heavy atom. The van der Waals surface area contributed by atoms with E-state index in [4.69, 9.17) is 14.2 Å². The Labute approximate surface area is 193 Å². The molecule has 5 nitrogen and oxygen atoms in total. The largest absolute Gasteiger partial charge is 0.489 e. The van der Waals surface area contributed by atoms with Gasteiger partial charge in [0, 0.05) is 12.5 Å². The molecular formula is C26H27NO4S. The minimum absolute atomic E-state index is 0.224. The van der Waals surface area contributed by atoms with Crippen LogP contribution in [0.15, 0.2) is 53.2 Å². The predicted octanol–water partition coefficient (Wildman–Crippen LogP) is 6.28. The van der Waals surface area contributed by atoms with Crippen molar-refractivity contribution in [2.45, 2.75) is 46.3 Å². The highest BCUT2D eigenvalue weighted by atomic mass is 32.1. The lowest BCUT2D eigenvalue weighted by atomic mass is 9.99. The molecule has 0 aliphatic heterocycles. The molecule has 1 unspecified atom stereocenters. The molecule has 0 saturated heterocycles. The van der Waals surface area contributed by atoms with Crippen molar-refractivity contribution in [3.63, 3.8) is 0 Å². The van der Waals surface area contributed by atoms with E-state index in [1.807, 2.05) is 61.0 Å². The fourth-order valence-corrected chi connectivity index (χ4v) is 4.10. The van der Waals surface area contributed by atoms with Crippen LogP contribution in [0.4, 0.5) is 0 Å². The molecule has 0 saturated carbocycles. The molecule has 0 N–H and O–H groups in total. The normalized spacial score (nSPS) is 11.4. The maximum atomic E-state index is 12.0. The van der Waals surface area contributed by atoms with Gasteiger partial charge in [0.1, 0.15) is 30.3 Å². The van der Waals surface area contributed by atoms with E-state index in [9.17, 15) is 10.1 Å². The Bertz CT molecular complexity index is 1090. The smallest absolute Gasteiger partial charge is 0.305 e. The summed E-state index contributed by atoms with van der Waals surface area (Å²) in [5, 5.41) is 13.8. The summed E-state index contributed by atoms with van der Waals surface area (Å²) in [6.07, 6.45) is 0.259. The predicted molar refractivity (Wildman–Crippen MR) is 125 cm³/mol. The Hall–Kier alpha value is -3.30. The van der Waals surface area contributed by atoms with Crippen molar-refractivity contribution in [3.8, 4) is 17.6 Å². The van der Waals surface area contributed by atoms with E-state index < -0.39 is 6.10 Å². The van der Waals surface area contributed by atoms with Crippen molar-refractivity contribution in [2.75, 3.05) is 6.61 Å². The molecule has 32 heavy (non-hydrogen) atoms. The molecule has 3 rings (SSSR count). The molecule has 0 radical (unpaired) electrons. The van der Waals surface area contributed by atoms with Gasteiger partial charge in [-0.05, 0) is 72.3 Å². The van der Waals surface area contributed by atoms with Crippen LogP contribution in [0.3, 0.4) is 0 Å². The average molecular weight is 450 g/mol. The molecule has 0 spiro atoms. The number of carbonyl (C=O) groups is 1. The number of nitriles is 1. The highest BCUT2D eigenvalue weighted by Crippen LogP contribution is 2.34. The lowest BCUT2D eigenvalue weighted by Crippen LogP contribution is -2.14. The van der Waals surface area contributed by atoms with Gasteiger partial charge in [-0.15, -0.1) is 0 Å². The fourth-order valence-electron chi connectivity index (χ4n) is 3.45. The van der Waals surface area contributed by atoms with Gasteiger partial charge in [0.25, 0.3) is 0 Å². The van der Waals surface area contributed by atoms with E-state index in [1.54, 1.807) is 24.3 Å². The van der Waals surface area contributed by atoms with Crippen LogP contribution in [-0.2, 0) is 16.1 Å². The molecule has 1 heterocycles. The summed E-state index contributed by atoms with van der Waals surface area (Å²) >= 11 is 1.62. The molecule has 1 aromatic heterocycles. The van der Waals surface area contributed by atoms with Gasteiger partial charge in [-0.2, -0.15) is 16.6 Å². The molecule has 0 fully saturated rings. The topological polar surface area (TPSA) is 68.6 Å². The third kappa shape index (κ3) is 6.12. The van der Waals surface area contributed by atoms with Crippen LogP contribution in [-0.4, -0.2) is 12.6 Å². The monoisotopic (exact) mass is 449 g/mol. The van der Waals surface area contributed by atoms with E-state index in [0.717, 1.165) is 22.3 Å². The molecule has 0 aliphatic rings. The van der Waals surface area contributed by atoms with Crippen LogP contribution < -0.4 is 9.47 Å². The standard InChI is InChI=1S/C26H27NO4S/c1-4-29-26(28)10-9-24(22-8-6-5-7-18(22)2)31-25-14-21(13-19(3)23(25)15-27)30-16-20-11-12-32-17-20/h5-8,11-14,17,24H,4,9-10,16H2,1-3H3. The van der Waals surface area contributed by atoms with E-state index in [2.05, 4.69) is 6.07 Å². The molecule has 3 aromatic rings. The quantitative estimate of drug-likeness (QED) is 0.341. The Morgan fingerprint density at radius 2 is 1.97 bits per heavy atom. The molecular weight excluding hydrogens is 422 g/mol. The fraction of sp³-hybridized carbons (Fsp3) is 0.308. The van der Waals surface area contributed by atoms with E-state index >= 15 is 0 Å². The summed E-state index contributed by atoms with van der Waals surface area (Å²) < 4.78 is 17.4. The zero-order valence-corrected chi connectivity index (χ0v) is 19.4. The number of thiophene rings is 1. The van der Waals surface area contributed by atoms with Gasteiger partial charge in [0.15, 0.2) is 0 Å². The molecule has 0 bridgehead atoms. The van der Waals surface area contributed by atoms with Crippen LogP contribution in [0.25, 0.3) is 0 Å². The van der Waals surface area contributed by atoms with Crippen molar-refractivity contribution in [2.24, 2.45) is 0 Å². The molecule has 0 aliphatic carbocycles. The maximum absolute atomic E-state index is 12.0. The minimum Gasteiger partial charge on any atom is -0.489 e. The lowest BCUT2D eigenvalue weighted by Gasteiger charge is -2.23. The van der Waals surface area contributed by atoms with Gasteiger partial charge in [0.2, 0.25) is 0 Å². The third-order valence-corrected chi connectivity index (χ3v) is 5.82. The highest BCUT2D eigenvalue weighted by molar-refractivity contribution is 7.07. The van der Waals surface area contributed by atoms with Crippen molar-refractivity contribution < 1.29 is 19.0 Å². The van der Waals surface area contributed by atoms with Gasteiger partial charge < -0.3 is 14.2 Å². The van der Waals surface area contributed by atoms with Crippen LogP contribution in [0.5, 0.6) is 11.5 Å². The summed E-state index contributed by atoms with van der Waals surface area (Å²) in [5.74, 6) is 0.820. The Kier molecular flexibility index (Phi) is 8.29. The van der Waals surface area contributed by atoms with Crippen LogP contribution >= 0.6 is 11.3 Å². The number of hydrogen-bond acceptors (Lipinski definition) is 6. The molecule has 1 atom stereocenters. The zero-order valence-electron chi connectivity index (χ0n) is 18.6. The van der Waals surface area contributed by atoms with E-state index in [1.165, 1.54) is 0 Å². The first kappa shape index (κ1) is 23.4. The summed E-state index contributed by atoms with van der Waals surface area (Å²) in [7, 11) is 0. The SMILES string of the molecule is CCOC(=O)CCC(Oc1cc(OCc2ccsc2)cc(C)c1C#N)c1ccccc1C. The number of ether oxygens (including phenoxy) is 3. The number of benzene rings is 2. The van der Waals surface area contributed by atoms with E-state index in [0.29, 0.717) is 36.7 Å². The number of esters is 1. The highest BCUT2D eigenvalue weighted by Gasteiger charge is 2.21. The molecule has 2 aromatic carbocycles. The minimum atomic E-state index is -0.403. The first-order valence-corrected chi connectivity index (χ1v) is 11.5. The van der Waals surface area contributed by atoms with Crippen LogP contribution in [0, 0.1) is 25.2 Å². The van der Waals surface area contributed by atoms with E-state index in [-0.39, 0.29) is 12.4 Å². The van der Waals surface area contributed by atoms with Gasteiger partial charge in [-0.25, -0.2) is 0 Å². The molecule has 0 amide bonds.